The van der Waals surface area contributed by atoms with E-state index in [1.54, 1.807) is 5.57 Å². The van der Waals surface area contributed by atoms with Gasteiger partial charge in [-0.2, -0.15) is 0 Å². The van der Waals surface area contributed by atoms with Crippen LogP contribution in [0.1, 0.15) is 66.7 Å². The van der Waals surface area contributed by atoms with E-state index in [1.807, 2.05) is 0 Å². The Balaban J connectivity index is 2.15. The largest absolute Gasteiger partial charge is 0.390 e. The van der Waals surface area contributed by atoms with E-state index in [9.17, 15) is 5.11 Å². The maximum absolute atomic E-state index is 11.1. The maximum Gasteiger partial charge on any atom is 0.0676 e. The van der Waals surface area contributed by atoms with Crippen molar-refractivity contribution in [3.8, 4) is 0 Å². The van der Waals surface area contributed by atoms with Crippen molar-refractivity contribution >= 4 is 0 Å². The Morgan fingerprint density at radius 3 is 2.64 bits per heavy atom. The standard InChI is InChI=1S/C21H32O/c1-7-13(2)17-12-20(5)18(10-11-21(20,6)22)16-9-8-14(3)15(4)19(16)17/h7,16-18,22H,3,8-12H2,1-2,4-6H3. The van der Waals surface area contributed by atoms with Gasteiger partial charge in [0.15, 0.2) is 0 Å². The summed E-state index contributed by atoms with van der Waals surface area (Å²) >= 11 is 0. The summed E-state index contributed by atoms with van der Waals surface area (Å²) in [4.78, 5) is 0. The van der Waals surface area contributed by atoms with Crippen molar-refractivity contribution in [2.45, 2.75) is 72.3 Å². The molecule has 0 amide bonds. The van der Waals surface area contributed by atoms with Crippen LogP contribution in [-0.2, 0) is 0 Å². The van der Waals surface area contributed by atoms with Crippen molar-refractivity contribution in [2.24, 2.45) is 23.2 Å². The van der Waals surface area contributed by atoms with Crippen molar-refractivity contribution < 1.29 is 5.11 Å². The summed E-state index contributed by atoms with van der Waals surface area (Å²) in [5.41, 5.74) is 5.47. The van der Waals surface area contributed by atoms with Crippen molar-refractivity contribution in [1.29, 1.82) is 0 Å². The first kappa shape index (κ1) is 16.1. The Morgan fingerprint density at radius 1 is 1.32 bits per heavy atom. The summed E-state index contributed by atoms with van der Waals surface area (Å²) in [6.07, 6.45) is 7.87. The van der Waals surface area contributed by atoms with Crippen LogP contribution >= 0.6 is 0 Å². The molecule has 0 heterocycles. The maximum atomic E-state index is 11.1. The smallest absolute Gasteiger partial charge is 0.0676 e. The molecule has 0 aromatic heterocycles. The van der Waals surface area contributed by atoms with Gasteiger partial charge in [0.2, 0.25) is 0 Å². The minimum Gasteiger partial charge on any atom is -0.390 e. The minimum atomic E-state index is -0.516. The molecule has 0 aliphatic heterocycles. The van der Waals surface area contributed by atoms with Gasteiger partial charge in [-0.3, -0.25) is 0 Å². The molecule has 2 saturated carbocycles. The fraction of sp³-hybridized carbons (Fsp3) is 0.714. The van der Waals surface area contributed by atoms with E-state index in [0.29, 0.717) is 17.8 Å². The van der Waals surface area contributed by atoms with Gasteiger partial charge in [-0.05, 0) is 77.2 Å². The number of allylic oxidation sites excluding steroid dienone is 5. The summed E-state index contributed by atoms with van der Waals surface area (Å²) in [5.74, 6) is 1.79. The minimum absolute atomic E-state index is 0.0507. The van der Waals surface area contributed by atoms with E-state index in [2.05, 4.69) is 47.3 Å². The van der Waals surface area contributed by atoms with Gasteiger partial charge in [-0.1, -0.05) is 36.3 Å². The van der Waals surface area contributed by atoms with Crippen molar-refractivity contribution in [1.82, 2.24) is 0 Å². The summed E-state index contributed by atoms with van der Waals surface area (Å²) in [6, 6.07) is 0. The highest BCUT2D eigenvalue weighted by Gasteiger charge is 2.60. The molecule has 0 aromatic rings. The topological polar surface area (TPSA) is 20.2 Å². The van der Waals surface area contributed by atoms with Gasteiger partial charge < -0.3 is 5.11 Å². The third kappa shape index (κ3) is 2.01. The van der Waals surface area contributed by atoms with Crippen molar-refractivity contribution in [2.75, 3.05) is 0 Å². The van der Waals surface area contributed by atoms with Crippen molar-refractivity contribution in [3.63, 3.8) is 0 Å². The van der Waals surface area contributed by atoms with Crippen LogP contribution in [-0.4, -0.2) is 10.7 Å². The number of fused-ring (bicyclic) bond motifs is 3. The molecule has 0 spiro atoms. The van der Waals surface area contributed by atoms with E-state index in [4.69, 9.17) is 0 Å². The first-order valence-corrected chi connectivity index (χ1v) is 8.97. The molecular formula is C21H32O. The second-order valence-corrected chi connectivity index (χ2v) is 8.45. The fourth-order valence-electron chi connectivity index (χ4n) is 5.69. The summed E-state index contributed by atoms with van der Waals surface area (Å²) < 4.78 is 0. The first-order chi connectivity index (χ1) is 10.2. The van der Waals surface area contributed by atoms with Gasteiger partial charge in [0, 0.05) is 11.3 Å². The molecule has 0 saturated heterocycles. The van der Waals surface area contributed by atoms with Crippen LogP contribution in [0.25, 0.3) is 0 Å². The van der Waals surface area contributed by atoms with Crippen LogP contribution in [0.3, 0.4) is 0 Å². The molecule has 3 aliphatic carbocycles. The van der Waals surface area contributed by atoms with E-state index in [-0.39, 0.29) is 5.41 Å². The second kappa shape index (κ2) is 5.09. The van der Waals surface area contributed by atoms with Crippen LogP contribution in [0.15, 0.2) is 34.9 Å². The molecule has 3 aliphatic rings. The molecule has 3 rings (SSSR count). The molecule has 5 atom stereocenters. The molecule has 1 N–H and O–H groups in total. The average Bonchev–Trinajstić information content (AvgIpc) is 2.71. The Kier molecular flexibility index (Phi) is 3.72. The highest BCUT2D eigenvalue weighted by Crippen LogP contribution is 2.65. The molecule has 0 radical (unpaired) electrons. The van der Waals surface area contributed by atoms with Gasteiger partial charge in [-0.15, -0.1) is 0 Å². The van der Waals surface area contributed by atoms with Crippen LogP contribution < -0.4 is 0 Å². The first-order valence-electron chi connectivity index (χ1n) is 8.97. The Hall–Kier alpha value is -0.820. The molecule has 5 unspecified atom stereocenters. The Bertz CT molecular complexity index is 562. The average molecular weight is 300 g/mol. The zero-order valence-corrected chi connectivity index (χ0v) is 15.0. The molecule has 2 fully saturated rings. The predicted octanol–water partition coefficient (Wildman–Crippen LogP) is 5.42. The number of rotatable bonds is 1. The lowest BCUT2D eigenvalue weighted by Gasteiger charge is -2.54. The normalized spacial score (nSPS) is 45.8. The zero-order chi connectivity index (χ0) is 16.3. The van der Waals surface area contributed by atoms with E-state index >= 15 is 0 Å². The number of hydrogen-bond acceptors (Lipinski definition) is 1. The highest BCUT2D eigenvalue weighted by atomic mass is 16.3. The molecule has 0 aromatic carbocycles. The lowest BCUT2D eigenvalue weighted by molar-refractivity contribution is -0.0827. The van der Waals surface area contributed by atoms with E-state index in [0.717, 1.165) is 19.3 Å². The summed E-state index contributed by atoms with van der Waals surface area (Å²) in [7, 11) is 0. The molecule has 22 heavy (non-hydrogen) atoms. The highest BCUT2D eigenvalue weighted by molar-refractivity contribution is 5.43. The lowest BCUT2D eigenvalue weighted by Crippen LogP contribution is -2.50. The van der Waals surface area contributed by atoms with Crippen LogP contribution in [0, 0.1) is 23.2 Å². The van der Waals surface area contributed by atoms with Crippen LogP contribution in [0.2, 0.25) is 0 Å². The Labute approximate surface area is 136 Å². The molecule has 1 nitrogen and oxygen atoms in total. The SMILES string of the molecule is C=C1CCC2C(=C1C)C(C(C)=CC)CC1(C)C2CCC1(C)O. The van der Waals surface area contributed by atoms with Gasteiger partial charge in [0.1, 0.15) is 0 Å². The third-order valence-electron chi connectivity index (χ3n) is 7.61. The zero-order valence-electron chi connectivity index (χ0n) is 15.0. The summed E-state index contributed by atoms with van der Waals surface area (Å²) in [6.45, 7) is 15.5. The van der Waals surface area contributed by atoms with Gasteiger partial charge >= 0.3 is 0 Å². The van der Waals surface area contributed by atoms with Crippen LogP contribution in [0.5, 0.6) is 0 Å². The molecular weight excluding hydrogens is 268 g/mol. The number of hydrogen-bond donors (Lipinski definition) is 1. The van der Waals surface area contributed by atoms with Gasteiger partial charge in [0.05, 0.1) is 5.60 Å². The summed E-state index contributed by atoms with van der Waals surface area (Å²) in [5, 5.41) is 11.1. The van der Waals surface area contributed by atoms with Gasteiger partial charge in [-0.25, -0.2) is 0 Å². The van der Waals surface area contributed by atoms with Crippen molar-refractivity contribution in [3.05, 3.63) is 34.9 Å². The molecule has 122 valence electrons. The third-order valence-corrected chi connectivity index (χ3v) is 7.61. The monoisotopic (exact) mass is 300 g/mol. The fourth-order valence-corrected chi connectivity index (χ4v) is 5.69. The van der Waals surface area contributed by atoms with Crippen LogP contribution in [0.4, 0.5) is 0 Å². The quantitative estimate of drug-likeness (QED) is 0.641. The lowest BCUT2D eigenvalue weighted by atomic mass is 9.52. The van der Waals surface area contributed by atoms with E-state index < -0.39 is 5.60 Å². The van der Waals surface area contributed by atoms with E-state index in [1.165, 1.54) is 29.6 Å². The number of aliphatic hydroxyl groups is 1. The molecule has 0 bridgehead atoms. The molecule has 1 heteroatoms. The van der Waals surface area contributed by atoms with Gasteiger partial charge in [0.25, 0.3) is 0 Å². The Morgan fingerprint density at radius 2 is 2.00 bits per heavy atom. The predicted molar refractivity (Wildman–Crippen MR) is 93.6 cm³/mol. The second-order valence-electron chi connectivity index (χ2n) is 8.45.